The van der Waals surface area contributed by atoms with Gasteiger partial charge in [0.1, 0.15) is 4.99 Å². The molecule has 0 unspecified atom stereocenters. The quantitative estimate of drug-likeness (QED) is 0.864. The van der Waals surface area contributed by atoms with Gasteiger partial charge in [-0.25, -0.2) is 9.67 Å². The van der Waals surface area contributed by atoms with Gasteiger partial charge in [-0.05, 0) is 51.2 Å². The monoisotopic (exact) mass is 320 g/mol. The van der Waals surface area contributed by atoms with E-state index in [2.05, 4.69) is 11.2 Å². The van der Waals surface area contributed by atoms with Gasteiger partial charge in [-0.15, -0.1) is 0 Å². The molecule has 0 aromatic carbocycles. The summed E-state index contributed by atoms with van der Waals surface area (Å²) >= 11 is 11.4. The summed E-state index contributed by atoms with van der Waals surface area (Å²) in [5.74, 6) is 0.690. The van der Waals surface area contributed by atoms with Crippen molar-refractivity contribution in [3.05, 3.63) is 39.3 Å². The van der Waals surface area contributed by atoms with Gasteiger partial charge in [0.15, 0.2) is 5.82 Å². The molecule has 0 spiro atoms. The number of fused-ring (bicyclic) bond motifs is 1. The largest absolute Gasteiger partial charge is 0.389 e. The maximum atomic E-state index is 6.25. The fraction of sp³-hybridized carbons (Fsp3) is 0.400. The Kier molecular flexibility index (Phi) is 3.71. The van der Waals surface area contributed by atoms with Gasteiger partial charge >= 0.3 is 0 Å². The van der Waals surface area contributed by atoms with Crippen LogP contribution in [0.25, 0.3) is 5.82 Å². The van der Waals surface area contributed by atoms with Crippen LogP contribution < -0.4 is 5.73 Å². The fourth-order valence-corrected chi connectivity index (χ4v) is 3.06. The summed E-state index contributed by atoms with van der Waals surface area (Å²) in [5.41, 5.74) is 10.7. The summed E-state index contributed by atoms with van der Waals surface area (Å²) in [5, 5.41) is 5.13. The Balaban J connectivity index is 2.25. The Hall–Kier alpha value is -1.46. The molecule has 2 N–H and O–H groups in total. The van der Waals surface area contributed by atoms with E-state index in [1.54, 1.807) is 4.68 Å². The van der Waals surface area contributed by atoms with Gasteiger partial charge in [0, 0.05) is 5.69 Å². The Morgan fingerprint density at radius 2 is 2.05 bits per heavy atom. The molecule has 0 amide bonds. The molecule has 2 aromatic heterocycles. The molecule has 3 rings (SSSR count). The molecule has 1 aliphatic rings. The SMILES string of the molecule is Cc1nn(-c2nc3c(cc2C(N)=S)CCCC3)c(C)c1Cl. The number of aryl methyl sites for hydroxylation is 3. The summed E-state index contributed by atoms with van der Waals surface area (Å²) in [7, 11) is 0. The molecule has 110 valence electrons. The van der Waals surface area contributed by atoms with Crippen LogP contribution in [0.15, 0.2) is 6.07 Å². The third-order valence-corrected chi connectivity index (χ3v) is 4.72. The second kappa shape index (κ2) is 5.39. The number of hydrogen-bond donors (Lipinski definition) is 1. The summed E-state index contributed by atoms with van der Waals surface area (Å²) in [6, 6.07) is 2.07. The van der Waals surface area contributed by atoms with E-state index in [-0.39, 0.29) is 0 Å². The normalized spacial score (nSPS) is 14.0. The summed E-state index contributed by atoms with van der Waals surface area (Å²) < 4.78 is 1.75. The van der Waals surface area contributed by atoms with Crippen LogP contribution in [0, 0.1) is 13.8 Å². The second-order valence-corrected chi connectivity index (χ2v) is 6.25. The molecule has 4 nitrogen and oxygen atoms in total. The van der Waals surface area contributed by atoms with Crippen LogP contribution in [-0.4, -0.2) is 19.8 Å². The lowest BCUT2D eigenvalue weighted by Gasteiger charge is -2.18. The van der Waals surface area contributed by atoms with E-state index in [9.17, 15) is 0 Å². The zero-order valence-corrected chi connectivity index (χ0v) is 13.7. The first kappa shape index (κ1) is 14.5. The molecule has 0 fully saturated rings. The molecule has 21 heavy (non-hydrogen) atoms. The fourth-order valence-electron chi connectivity index (χ4n) is 2.80. The van der Waals surface area contributed by atoms with Crippen LogP contribution in [0.4, 0.5) is 0 Å². The van der Waals surface area contributed by atoms with Gasteiger partial charge in [-0.2, -0.15) is 5.10 Å². The first-order valence-electron chi connectivity index (χ1n) is 7.03. The maximum Gasteiger partial charge on any atom is 0.164 e. The van der Waals surface area contributed by atoms with Crippen LogP contribution >= 0.6 is 23.8 Å². The second-order valence-electron chi connectivity index (χ2n) is 5.43. The lowest BCUT2D eigenvalue weighted by atomic mass is 9.94. The minimum atomic E-state index is 0.342. The highest BCUT2D eigenvalue weighted by atomic mass is 35.5. The lowest BCUT2D eigenvalue weighted by molar-refractivity contribution is 0.660. The standard InChI is InChI=1S/C15H17ClN4S/c1-8-13(16)9(2)20(19-8)15-11(14(17)21)7-10-5-3-4-6-12(10)18-15/h7H,3-6H2,1-2H3,(H2,17,21). The number of hydrogen-bond acceptors (Lipinski definition) is 3. The molecule has 0 radical (unpaired) electrons. The van der Waals surface area contributed by atoms with Crippen LogP contribution in [0.1, 0.15) is 41.1 Å². The van der Waals surface area contributed by atoms with Gasteiger partial charge in [0.05, 0.1) is 22.0 Å². The van der Waals surface area contributed by atoms with E-state index in [1.165, 1.54) is 18.4 Å². The molecule has 0 aliphatic heterocycles. The number of pyridine rings is 1. The maximum absolute atomic E-state index is 6.25. The van der Waals surface area contributed by atoms with Crippen molar-refractivity contribution in [1.29, 1.82) is 0 Å². The predicted molar refractivity (Wildman–Crippen MR) is 88.4 cm³/mol. The average molecular weight is 321 g/mol. The number of nitrogens with zero attached hydrogens (tertiary/aromatic N) is 3. The molecule has 6 heteroatoms. The van der Waals surface area contributed by atoms with Gasteiger partial charge in [-0.1, -0.05) is 23.8 Å². The van der Waals surface area contributed by atoms with Crippen molar-refractivity contribution in [2.75, 3.05) is 0 Å². The molecule has 0 bridgehead atoms. The first-order valence-corrected chi connectivity index (χ1v) is 7.82. The molecule has 0 saturated heterocycles. The Morgan fingerprint density at radius 3 is 2.67 bits per heavy atom. The van der Waals surface area contributed by atoms with Gasteiger partial charge in [-0.3, -0.25) is 0 Å². The van der Waals surface area contributed by atoms with Crippen molar-refractivity contribution < 1.29 is 0 Å². The van der Waals surface area contributed by atoms with Crippen molar-refractivity contribution in [2.45, 2.75) is 39.5 Å². The van der Waals surface area contributed by atoms with Crippen molar-refractivity contribution in [3.8, 4) is 5.82 Å². The first-order chi connectivity index (χ1) is 9.99. The molecule has 0 saturated carbocycles. The highest BCUT2D eigenvalue weighted by Gasteiger charge is 2.20. The number of aromatic nitrogens is 3. The zero-order chi connectivity index (χ0) is 15.1. The number of thiocarbonyl (C=S) groups is 1. The minimum absolute atomic E-state index is 0.342. The zero-order valence-electron chi connectivity index (χ0n) is 12.1. The smallest absolute Gasteiger partial charge is 0.164 e. The molecule has 1 aliphatic carbocycles. The van der Waals surface area contributed by atoms with Crippen LogP contribution in [0.3, 0.4) is 0 Å². The third kappa shape index (κ3) is 2.45. The summed E-state index contributed by atoms with van der Waals surface area (Å²) in [4.78, 5) is 5.14. The summed E-state index contributed by atoms with van der Waals surface area (Å²) in [6.45, 7) is 3.80. The van der Waals surface area contributed by atoms with Crippen molar-refractivity contribution in [3.63, 3.8) is 0 Å². The van der Waals surface area contributed by atoms with Gasteiger partial charge < -0.3 is 5.73 Å². The van der Waals surface area contributed by atoms with Crippen LogP contribution in [0.5, 0.6) is 0 Å². The Morgan fingerprint density at radius 1 is 1.33 bits per heavy atom. The lowest BCUT2D eigenvalue weighted by Crippen LogP contribution is -2.19. The van der Waals surface area contributed by atoms with E-state index >= 15 is 0 Å². The van der Waals surface area contributed by atoms with Gasteiger partial charge in [0.25, 0.3) is 0 Å². The molecule has 0 atom stereocenters. The summed E-state index contributed by atoms with van der Waals surface area (Å²) in [6.07, 6.45) is 4.39. The van der Waals surface area contributed by atoms with Crippen LogP contribution in [-0.2, 0) is 12.8 Å². The van der Waals surface area contributed by atoms with E-state index in [4.69, 9.17) is 34.5 Å². The third-order valence-electron chi connectivity index (χ3n) is 3.95. The minimum Gasteiger partial charge on any atom is -0.389 e. The van der Waals surface area contributed by atoms with E-state index in [1.807, 2.05) is 13.8 Å². The molecule has 2 heterocycles. The topological polar surface area (TPSA) is 56.7 Å². The van der Waals surface area contributed by atoms with Crippen molar-refractivity contribution >= 4 is 28.8 Å². The van der Waals surface area contributed by atoms with E-state index < -0.39 is 0 Å². The Labute approximate surface area is 134 Å². The van der Waals surface area contributed by atoms with Gasteiger partial charge in [0.2, 0.25) is 0 Å². The Bertz CT molecular complexity index is 736. The average Bonchev–Trinajstić information content (AvgIpc) is 2.73. The number of halogens is 1. The van der Waals surface area contributed by atoms with Crippen LogP contribution in [0.2, 0.25) is 5.02 Å². The molecular formula is C15H17ClN4S. The van der Waals surface area contributed by atoms with E-state index in [0.29, 0.717) is 15.8 Å². The predicted octanol–water partition coefficient (Wildman–Crippen LogP) is 3.05. The van der Waals surface area contributed by atoms with Crippen molar-refractivity contribution in [1.82, 2.24) is 14.8 Å². The molecule has 2 aromatic rings. The molecular weight excluding hydrogens is 304 g/mol. The highest BCUT2D eigenvalue weighted by molar-refractivity contribution is 7.80. The number of nitrogens with two attached hydrogens (primary N) is 1. The number of rotatable bonds is 2. The highest BCUT2D eigenvalue weighted by Crippen LogP contribution is 2.27. The van der Waals surface area contributed by atoms with E-state index in [0.717, 1.165) is 35.5 Å². The van der Waals surface area contributed by atoms with Crippen molar-refractivity contribution in [2.24, 2.45) is 5.73 Å².